The van der Waals surface area contributed by atoms with Crippen molar-refractivity contribution in [3.8, 4) is 23.0 Å². The van der Waals surface area contributed by atoms with E-state index in [-0.39, 0.29) is 17.6 Å². The van der Waals surface area contributed by atoms with Crippen LogP contribution >= 0.6 is 0 Å². The predicted octanol–water partition coefficient (Wildman–Crippen LogP) is 4.37. The van der Waals surface area contributed by atoms with Gasteiger partial charge in [-0.05, 0) is 24.1 Å². The summed E-state index contributed by atoms with van der Waals surface area (Å²) in [5, 5.41) is 32.5. The summed E-state index contributed by atoms with van der Waals surface area (Å²) >= 11 is 0. The molecule has 1 atom stereocenters. The van der Waals surface area contributed by atoms with Crippen molar-refractivity contribution in [2.75, 3.05) is 6.61 Å². The van der Waals surface area contributed by atoms with Crippen molar-refractivity contribution in [3.63, 3.8) is 0 Å². The summed E-state index contributed by atoms with van der Waals surface area (Å²) in [5.41, 5.74) is 1.56. The highest BCUT2D eigenvalue weighted by molar-refractivity contribution is 6.06. The van der Waals surface area contributed by atoms with E-state index in [0.29, 0.717) is 35.8 Å². The molecule has 0 radical (unpaired) electrons. The first kappa shape index (κ1) is 17.9. The van der Waals surface area contributed by atoms with Gasteiger partial charge in [0.1, 0.15) is 29.1 Å². The molecule has 26 heavy (non-hydrogen) atoms. The highest BCUT2D eigenvalue weighted by atomic mass is 16.5. The molecular formula is C20H23NO5. The van der Waals surface area contributed by atoms with E-state index in [1.54, 1.807) is 30.3 Å². The van der Waals surface area contributed by atoms with Crippen LogP contribution in [0.2, 0.25) is 0 Å². The fourth-order valence-corrected chi connectivity index (χ4v) is 3.02. The molecule has 1 aliphatic heterocycles. The van der Waals surface area contributed by atoms with Crippen molar-refractivity contribution in [2.24, 2.45) is 5.16 Å². The molecule has 138 valence electrons. The third-order valence-electron chi connectivity index (χ3n) is 4.39. The Morgan fingerprint density at radius 3 is 2.62 bits per heavy atom. The Kier molecular flexibility index (Phi) is 5.51. The molecule has 0 bridgehead atoms. The maximum absolute atomic E-state index is 10.3. The summed E-state index contributed by atoms with van der Waals surface area (Å²) in [6.45, 7) is 2.69. The van der Waals surface area contributed by atoms with Crippen molar-refractivity contribution >= 4 is 5.71 Å². The second-order valence-corrected chi connectivity index (χ2v) is 6.32. The lowest BCUT2D eigenvalue weighted by Gasteiger charge is -2.28. The third-order valence-corrected chi connectivity index (χ3v) is 4.39. The maximum Gasteiger partial charge on any atom is 0.136 e. The van der Waals surface area contributed by atoms with Gasteiger partial charge in [0.15, 0.2) is 0 Å². The lowest BCUT2D eigenvalue weighted by Crippen LogP contribution is -2.21. The van der Waals surface area contributed by atoms with Gasteiger partial charge in [-0.15, -0.1) is 0 Å². The van der Waals surface area contributed by atoms with E-state index in [0.717, 1.165) is 24.8 Å². The molecule has 1 aliphatic rings. The van der Waals surface area contributed by atoms with E-state index in [2.05, 4.69) is 12.1 Å². The number of nitrogens with zero attached hydrogens (tertiary/aromatic N) is 1. The molecular weight excluding hydrogens is 334 g/mol. The van der Waals surface area contributed by atoms with Crippen molar-refractivity contribution in [2.45, 2.75) is 38.7 Å². The normalized spacial score (nSPS) is 17.6. The summed E-state index contributed by atoms with van der Waals surface area (Å²) in [7, 11) is 0. The molecule has 0 fully saturated rings. The van der Waals surface area contributed by atoms with Crippen molar-refractivity contribution in [1.82, 2.24) is 0 Å². The van der Waals surface area contributed by atoms with Gasteiger partial charge in [0, 0.05) is 18.6 Å². The Balaban J connectivity index is 1.86. The molecule has 1 heterocycles. The Morgan fingerprint density at radius 1 is 1.15 bits per heavy atom. The van der Waals surface area contributed by atoms with Crippen LogP contribution < -0.4 is 9.47 Å². The molecule has 0 aromatic heterocycles. The predicted molar refractivity (Wildman–Crippen MR) is 97.5 cm³/mol. The van der Waals surface area contributed by atoms with Crippen LogP contribution in [0.4, 0.5) is 0 Å². The minimum atomic E-state index is -0.385. The number of benzene rings is 2. The Bertz CT molecular complexity index is 786. The van der Waals surface area contributed by atoms with Gasteiger partial charge in [-0.2, -0.15) is 0 Å². The largest absolute Gasteiger partial charge is 0.508 e. The van der Waals surface area contributed by atoms with E-state index in [1.807, 2.05) is 0 Å². The van der Waals surface area contributed by atoms with Gasteiger partial charge in [0.25, 0.3) is 0 Å². The van der Waals surface area contributed by atoms with Gasteiger partial charge in [-0.1, -0.05) is 37.1 Å². The first-order chi connectivity index (χ1) is 12.6. The fourth-order valence-electron chi connectivity index (χ4n) is 3.02. The number of phenolic OH excluding ortho intramolecular Hbond substituents is 2. The standard InChI is InChI=1S/C20H23NO5/c1-2-3-4-9-25-15-10-17(23)20-16(21-24)12-18(26-19(20)11-15)13-5-7-14(22)8-6-13/h5-8,10-11,18,22-24H,2-4,9,12H2,1H3/b21-16+. The molecule has 0 amide bonds. The monoisotopic (exact) mass is 357 g/mol. The molecule has 6 nitrogen and oxygen atoms in total. The highest BCUT2D eigenvalue weighted by Crippen LogP contribution is 2.42. The quantitative estimate of drug-likeness (QED) is 0.406. The average Bonchev–Trinajstić information content (AvgIpc) is 2.64. The number of aromatic hydroxyl groups is 2. The number of ether oxygens (including phenoxy) is 2. The third kappa shape index (κ3) is 3.85. The van der Waals surface area contributed by atoms with Crippen LogP contribution in [0.3, 0.4) is 0 Å². The van der Waals surface area contributed by atoms with E-state index in [9.17, 15) is 15.4 Å². The molecule has 3 rings (SSSR count). The van der Waals surface area contributed by atoms with Gasteiger partial charge in [-0.25, -0.2) is 0 Å². The molecule has 0 saturated carbocycles. The first-order valence-electron chi connectivity index (χ1n) is 8.79. The number of hydrogen-bond donors (Lipinski definition) is 3. The lowest BCUT2D eigenvalue weighted by atomic mass is 9.95. The molecule has 2 aromatic carbocycles. The van der Waals surface area contributed by atoms with E-state index in [1.165, 1.54) is 6.07 Å². The number of phenols is 2. The van der Waals surface area contributed by atoms with Crippen LogP contribution in [0.5, 0.6) is 23.0 Å². The van der Waals surface area contributed by atoms with E-state index < -0.39 is 0 Å². The summed E-state index contributed by atoms with van der Waals surface area (Å²) < 4.78 is 11.7. The van der Waals surface area contributed by atoms with Gasteiger partial charge < -0.3 is 24.9 Å². The van der Waals surface area contributed by atoms with E-state index in [4.69, 9.17) is 9.47 Å². The maximum atomic E-state index is 10.3. The minimum absolute atomic E-state index is 0.0371. The number of oxime groups is 1. The van der Waals surface area contributed by atoms with Gasteiger partial charge in [-0.3, -0.25) is 0 Å². The van der Waals surface area contributed by atoms with Crippen LogP contribution in [-0.2, 0) is 0 Å². The minimum Gasteiger partial charge on any atom is -0.508 e. The Hall–Kier alpha value is -2.89. The van der Waals surface area contributed by atoms with Gasteiger partial charge in [0.2, 0.25) is 0 Å². The van der Waals surface area contributed by atoms with Gasteiger partial charge >= 0.3 is 0 Å². The van der Waals surface area contributed by atoms with Crippen LogP contribution in [0.25, 0.3) is 0 Å². The first-order valence-corrected chi connectivity index (χ1v) is 8.79. The average molecular weight is 357 g/mol. The summed E-state index contributed by atoms with van der Waals surface area (Å²) in [4.78, 5) is 0. The summed E-state index contributed by atoms with van der Waals surface area (Å²) in [6.07, 6.45) is 3.04. The highest BCUT2D eigenvalue weighted by Gasteiger charge is 2.30. The molecule has 0 spiro atoms. The Morgan fingerprint density at radius 2 is 1.92 bits per heavy atom. The van der Waals surface area contributed by atoms with E-state index >= 15 is 0 Å². The molecule has 6 heteroatoms. The SMILES string of the molecule is CCCCCOc1cc(O)c2c(c1)OC(c1ccc(O)cc1)C/C2=N\O. The smallest absolute Gasteiger partial charge is 0.136 e. The molecule has 3 N–H and O–H groups in total. The zero-order valence-electron chi connectivity index (χ0n) is 14.7. The topological polar surface area (TPSA) is 91.5 Å². The summed E-state index contributed by atoms with van der Waals surface area (Å²) in [6, 6.07) is 9.89. The van der Waals surface area contributed by atoms with Crippen LogP contribution in [0.1, 0.15) is 49.8 Å². The zero-order valence-corrected chi connectivity index (χ0v) is 14.7. The van der Waals surface area contributed by atoms with Crippen molar-refractivity contribution < 1.29 is 24.9 Å². The number of unbranched alkanes of at least 4 members (excludes halogenated alkanes) is 2. The molecule has 0 aliphatic carbocycles. The zero-order chi connectivity index (χ0) is 18.5. The van der Waals surface area contributed by atoms with Gasteiger partial charge in [0.05, 0.1) is 17.9 Å². The molecule has 1 unspecified atom stereocenters. The van der Waals surface area contributed by atoms with Crippen LogP contribution in [0, 0.1) is 0 Å². The van der Waals surface area contributed by atoms with Crippen LogP contribution in [-0.4, -0.2) is 27.7 Å². The second-order valence-electron chi connectivity index (χ2n) is 6.32. The number of hydrogen-bond acceptors (Lipinski definition) is 6. The molecule has 2 aromatic rings. The lowest BCUT2D eigenvalue weighted by molar-refractivity contribution is 0.199. The Labute approximate surface area is 152 Å². The van der Waals surface area contributed by atoms with Crippen LogP contribution in [0.15, 0.2) is 41.6 Å². The number of rotatable bonds is 6. The van der Waals surface area contributed by atoms with Crippen molar-refractivity contribution in [1.29, 1.82) is 0 Å². The molecule has 0 saturated heterocycles. The fraction of sp³-hybridized carbons (Fsp3) is 0.350. The second kappa shape index (κ2) is 7.99. The summed E-state index contributed by atoms with van der Waals surface area (Å²) in [5.74, 6) is 1.06. The number of fused-ring (bicyclic) bond motifs is 1. The van der Waals surface area contributed by atoms with Crippen molar-refractivity contribution in [3.05, 3.63) is 47.5 Å².